The molecular weight excluding hydrogens is 302 g/mol. The molecule has 3 aromatic rings. The van der Waals surface area contributed by atoms with Gasteiger partial charge in [0.1, 0.15) is 22.9 Å². The molecule has 126 valence electrons. The third kappa shape index (κ3) is 3.42. The predicted octanol–water partition coefficient (Wildman–Crippen LogP) is 3.08. The van der Waals surface area contributed by atoms with Crippen LogP contribution in [0, 0.1) is 13.8 Å². The van der Waals surface area contributed by atoms with E-state index in [4.69, 9.17) is 4.42 Å². The molecule has 0 aliphatic carbocycles. The van der Waals surface area contributed by atoms with Gasteiger partial charge in [-0.2, -0.15) is 0 Å². The van der Waals surface area contributed by atoms with Crippen LogP contribution in [-0.2, 0) is 12.1 Å². The molecule has 1 atom stereocenters. The summed E-state index contributed by atoms with van der Waals surface area (Å²) < 4.78 is 7.65. The lowest BCUT2D eigenvalue weighted by Crippen LogP contribution is -2.35. The average Bonchev–Trinajstić information content (AvgIpc) is 3.15. The fourth-order valence-electron chi connectivity index (χ4n) is 2.79. The van der Waals surface area contributed by atoms with Crippen LogP contribution in [0.5, 0.6) is 0 Å². The van der Waals surface area contributed by atoms with Gasteiger partial charge in [-0.3, -0.25) is 4.57 Å². The SMILES string of the molecule is Cc1ccc([C@@](C)(O)CNCc2cnc(C)n2-c2ccccc2)o1. The molecule has 0 aliphatic heterocycles. The van der Waals surface area contributed by atoms with E-state index in [-0.39, 0.29) is 0 Å². The van der Waals surface area contributed by atoms with E-state index < -0.39 is 5.60 Å². The molecule has 0 spiro atoms. The van der Waals surface area contributed by atoms with Crippen LogP contribution in [0.4, 0.5) is 0 Å². The van der Waals surface area contributed by atoms with Crippen LogP contribution in [-0.4, -0.2) is 21.2 Å². The number of furan rings is 1. The summed E-state index contributed by atoms with van der Waals surface area (Å²) >= 11 is 0. The van der Waals surface area contributed by atoms with E-state index in [2.05, 4.69) is 27.0 Å². The molecule has 2 N–H and O–H groups in total. The van der Waals surface area contributed by atoms with Crippen LogP contribution in [0.1, 0.15) is 30.0 Å². The molecule has 5 heteroatoms. The molecule has 5 nitrogen and oxygen atoms in total. The van der Waals surface area contributed by atoms with E-state index >= 15 is 0 Å². The van der Waals surface area contributed by atoms with Crippen molar-refractivity contribution in [2.45, 2.75) is 32.9 Å². The summed E-state index contributed by atoms with van der Waals surface area (Å²) in [4.78, 5) is 4.41. The van der Waals surface area contributed by atoms with Crippen molar-refractivity contribution in [3.05, 3.63) is 71.7 Å². The Hall–Kier alpha value is -2.37. The number of aryl methyl sites for hydroxylation is 2. The summed E-state index contributed by atoms with van der Waals surface area (Å²) in [5, 5.41) is 13.9. The number of nitrogens with zero attached hydrogens (tertiary/aromatic N) is 2. The predicted molar refractivity (Wildman–Crippen MR) is 93.0 cm³/mol. The molecule has 0 unspecified atom stereocenters. The molecule has 0 bridgehead atoms. The van der Waals surface area contributed by atoms with Crippen molar-refractivity contribution in [3.8, 4) is 5.69 Å². The fraction of sp³-hybridized carbons (Fsp3) is 0.316. The Balaban J connectivity index is 1.70. The lowest BCUT2D eigenvalue weighted by Gasteiger charge is -2.21. The number of nitrogens with one attached hydrogen (secondary N) is 1. The minimum absolute atomic E-state index is 0.388. The van der Waals surface area contributed by atoms with E-state index in [9.17, 15) is 5.11 Å². The van der Waals surface area contributed by atoms with Gasteiger partial charge in [0.2, 0.25) is 0 Å². The number of para-hydroxylation sites is 1. The zero-order valence-corrected chi connectivity index (χ0v) is 14.3. The number of rotatable bonds is 6. The van der Waals surface area contributed by atoms with Gasteiger partial charge in [0, 0.05) is 18.8 Å². The number of hydrogen-bond acceptors (Lipinski definition) is 4. The summed E-state index contributed by atoms with van der Waals surface area (Å²) in [5.74, 6) is 2.30. The van der Waals surface area contributed by atoms with Gasteiger partial charge < -0.3 is 14.8 Å². The van der Waals surface area contributed by atoms with Gasteiger partial charge in [0.05, 0.1) is 11.9 Å². The first kappa shape index (κ1) is 16.5. The van der Waals surface area contributed by atoms with Gasteiger partial charge in [-0.25, -0.2) is 4.98 Å². The molecule has 0 saturated carbocycles. The van der Waals surface area contributed by atoms with Crippen LogP contribution in [0.15, 0.2) is 53.1 Å². The van der Waals surface area contributed by atoms with Crippen LogP contribution in [0.2, 0.25) is 0 Å². The standard InChI is InChI=1S/C19H23N3O2/c1-14-9-10-18(24-14)19(3,23)13-20-11-17-12-21-15(2)22(17)16-7-5-4-6-8-16/h4-10,12,20,23H,11,13H2,1-3H3/t19-/m0/s1. The summed E-state index contributed by atoms with van der Waals surface area (Å²) in [6.07, 6.45) is 1.86. The maximum atomic E-state index is 10.6. The maximum Gasteiger partial charge on any atom is 0.136 e. The number of benzene rings is 1. The Kier molecular flexibility index (Phi) is 4.55. The molecule has 0 radical (unpaired) electrons. The third-order valence-corrected chi connectivity index (χ3v) is 4.07. The Bertz CT molecular complexity index is 803. The van der Waals surface area contributed by atoms with Crippen LogP contribution >= 0.6 is 0 Å². The molecule has 0 saturated heterocycles. The molecule has 24 heavy (non-hydrogen) atoms. The number of aliphatic hydroxyl groups is 1. The van der Waals surface area contributed by atoms with E-state index in [0.29, 0.717) is 18.8 Å². The average molecular weight is 325 g/mol. The molecule has 0 amide bonds. The Morgan fingerprint density at radius 3 is 2.58 bits per heavy atom. The van der Waals surface area contributed by atoms with Crippen LogP contribution in [0.25, 0.3) is 5.69 Å². The summed E-state index contributed by atoms with van der Waals surface area (Å²) in [5.41, 5.74) is 1.07. The molecule has 0 fully saturated rings. The molecule has 0 aliphatic rings. The second kappa shape index (κ2) is 6.63. The highest BCUT2D eigenvalue weighted by atomic mass is 16.4. The van der Waals surface area contributed by atoms with Gasteiger partial charge in [0.25, 0.3) is 0 Å². The van der Waals surface area contributed by atoms with Gasteiger partial charge in [0.15, 0.2) is 0 Å². The maximum absolute atomic E-state index is 10.6. The van der Waals surface area contributed by atoms with E-state index in [1.165, 1.54) is 0 Å². The Morgan fingerprint density at radius 1 is 1.17 bits per heavy atom. The molecule has 2 heterocycles. The zero-order chi connectivity index (χ0) is 17.2. The number of hydrogen-bond donors (Lipinski definition) is 2. The second-order valence-corrected chi connectivity index (χ2v) is 6.26. The number of imidazole rings is 1. The van der Waals surface area contributed by atoms with Crippen molar-refractivity contribution in [1.29, 1.82) is 0 Å². The van der Waals surface area contributed by atoms with Gasteiger partial charge in [-0.1, -0.05) is 18.2 Å². The molecule has 3 rings (SSSR count). The first-order chi connectivity index (χ1) is 11.5. The Labute approximate surface area is 142 Å². The van der Waals surface area contributed by atoms with Crippen molar-refractivity contribution >= 4 is 0 Å². The molecule has 1 aromatic carbocycles. The highest BCUT2D eigenvalue weighted by molar-refractivity contribution is 5.35. The highest BCUT2D eigenvalue weighted by Gasteiger charge is 2.26. The van der Waals surface area contributed by atoms with Crippen molar-refractivity contribution in [2.75, 3.05) is 6.54 Å². The van der Waals surface area contributed by atoms with Crippen molar-refractivity contribution in [1.82, 2.24) is 14.9 Å². The Morgan fingerprint density at radius 2 is 1.92 bits per heavy atom. The first-order valence-corrected chi connectivity index (χ1v) is 8.06. The third-order valence-electron chi connectivity index (χ3n) is 4.07. The van der Waals surface area contributed by atoms with Crippen LogP contribution in [0.3, 0.4) is 0 Å². The van der Waals surface area contributed by atoms with Crippen molar-refractivity contribution in [2.24, 2.45) is 0 Å². The lowest BCUT2D eigenvalue weighted by atomic mass is 10.0. The van der Waals surface area contributed by atoms with Gasteiger partial charge in [-0.05, 0) is 45.0 Å². The minimum Gasteiger partial charge on any atom is -0.463 e. The second-order valence-electron chi connectivity index (χ2n) is 6.26. The fourth-order valence-corrected chi connectivity index (χ4v) is 2.79. The zero-order valence-electron chi connectivity index (χ0n) is 14.3. The van der Waals surface area contributed by atoms with Crippen LogP contribution < -0.4 is 5.32 Å². The van der Waals surface area contributed by atoms with E-state index in [1.807, 2.05) is 50.4 Å². The first-order valence-electron chi connectivity index (χ1n) is 8.06. The molecular formula is C19H23N3O2. The lowest BCUT2D eigenvalue weighted by molar-refractivity contribution is 0.0332. The van der Waals surface area contributed by atoms with Gasteiger partial charge in [-0.15, -0.1) is 0 Å². The summed E-state index contributed by atoms with van der Waals surface area (Å²) in [6.45, 7) is 6.59. The van der Waals surface area contributed by atoms with Gasteiger partial charge >= 0.3 is 0 Å². The summed E-state index contributed by atoms with van der Waals surface area (Å²) in [6, 6.07) is 13.8. The van der Waals surface area contributed by atoms with E-state index in [0.717, 1.165) is 23.0 Å². The molecule has 2 aromatic heterocycles. The normalized spacial score (nSPS) is 13.8. The van der Waals surface area contributed by atoms with E-state index in [1.54, 1.807) is 6.92 Å². The largest absolute Gasteiger partial charge is 0.463 e. The highest BCUT2D eigenvalue weighted by Crippen LogP contribution is 2.22. The smallest absolute Gasteiger partial charge is 0.136 e. The van der Waals surface area contributed by atoms with Crippen molar-refractivity contribution in [3.63, 3.8) is 0 Å². The quantitative estimate of drug-likeness (QED) is 0.731. The topological polar surface area (TPSA) is 63.2 Å². The van der Waals surface area contributed by atoms with Crippen molar-refractivity contribution < 1.29 is 9.52 Å². The minimum atomic E-state index is -1.05. The summed E-state index contributed by atoms with van der Waals surface area (Å²) in [7, 11) is 0. The number of aromatic nitrogens is 2. The monoisotopic (exact) mass is 325 g/mol.